The van der Waals surface area contributed by atoms with Crippen molar-refractivity contribution in [1.82, 2.24) is 19.9 Å². The number of aromatic amines is 2. The average Bonchev–Trinajstić information content (AvgIpc) is 3.15. The Hall–Kier alpha value is -3.19. The van der Waals surface area contributed by atoms with Crippen LogP contribution in [0.25, 0.3) is 22.2 Å². The lowest BCUT2D eigenvalue weighted by atomic mass is 10.0. The number of hydrogen-bond donors (Lipinski definition) is 3. The summed E-state index contributed by atoms with van der Waals surface area (Å²) < 4.78 is 14.3. The molecule has 136 valence electrons. The third kappa shape index (κ3) is 3.17. The third-order valence-electron chi connectivity index (χ3n) is 4.30. The highest BCUT2D eigenvalue weighted by Gasteiger charge is 2.15. The Morgan fingerprint density at radius 1 is 1.19 bits per heavy atom. The molecule has 0 unspecified atom stereocenters. The van der Waals surface area contributed by atoms with Crippen LogP contribution in [0.2, 0.25) is 5.02 Å². The number of halogens is 2. The second-order valence-electron chi connectivity index (χ2n) is 5.97. The number of nitrogens with one attached hydrogen (secondary N) is 3. The van der Waals surface area contributed by atoms with E-state index >= 15 is 0 Å². The number of hydrogen-bond acceptors (Lipinski definition) is 4. The van der Waals surface area contributed by atoms with Crippen LogP contribution in [0.15, 0.2) is 47.7 Å². The fourth-order valence-corrected chi connectivity index (χ4v) is 3.13. The molecule has 0 amide bonds. The van der Waals surface area contributed by atoms with Gasteiger partial charge in [0.25, 0.3) is 5.56 Å². The molecule has 0 radical (unpaired) electrons. The van der Waals surface area contributed by atoms with Gasteiger partial charge in [-0.25, -0.2) is 14.4 Å². The number of aromatic nitrogens is 4. The van der Waals surface area contributed by atoms with E-state index in [0.29, 0.717) is 34.3 Å². The maximum absolute atomic E-state index is 14.3. The minimum atomic E-state index is -0.518. The van der Waals surface area contributed by atoms with Gasteiger partial charge in [-0.1, -0.05) is 18.5 Å². The van der Waals surface area contributed by atoms with E-state index in [2.05, 4.69) is 25.3 Å². The molecule has 0 bridgehead atoms. The van der Waals surface area contributed by atoms with Crippen molar-refractivity contribution in [2.24, 2.45) is 0 Å². The Morgan fingerprint density at radius 2 is 2.04 bits per heavy atom. The number of anilines is 2. The number of H-pyrrole nitrogens is 2. The maximum Gasteiger partial charge on any atom is 0.256 e. The van der Waals surface area contributed by atoms with E-state index in [1.54, 1.807) is 12.3 Å². The van der Waals surface area contributed by atoms with E-state index in [1.165, 1.54) is 24.5 Å². The van der Waals surface area contributed by atoms with Crippen molar-refractivity contribution in [3.8, 4) is 11.1 Å². The lowest BCUT2D eigenvalue weighted by molar-refractivity contribution is 0.631. The molecule has 3 heterocycles. The molecule has 0 aliphatic carbocycles. The highest BCUT2D eigenvalue weighted by Crippen LogP contribution is 2.29. The number of fused-ring (bicyclic) bond motifs is 1. The zero-order valence-electron chi connectivity index (χ0n) is 14.3. The topological polar surface area (TPSA) is 86.5 Å². The quantitative estimate of drug-likeness (QED) is 0.487. The fourth-order valence-electron chi connectivity index (χ4n) is 2.96. The van der Waals surface area contributed by atoms with E-state index in [9.17, 15) is 9.18 Å². The number of aryl methyl sites for hydroxylation is 1. The Labute approximate surface area is 158 Å². The highest BCUT2D eigenvalue weighted by molar-refractivity contribution is 6.30. The predicted molar refractivity (Wildman–Crippen MR) is 104 cm³/mol. The molecule has 0 spiro atoms. The fraction of sp³-hybridized carbons (Fsp3) is 0.105. The van der Waals surface area contributed by atoms with Crippen molar-refractivity contribution < 1.29 is 4.39 Å². The Kier molecular flexibility index (Phi) is 4.37. The Bertz CT molecular complexity index is 1200. The van der Waals surface area contributed by atoms with Crippen LogP contribution >= 0.6 is 11.6 Å². The summed E-state index contributed by atoms with van der Waals surface area (Å²) in [5, 5.41) is 4.39. The van der Waals surface area contributed by atoms with Crippen molar-refractivity contribution in [2.75, 3.05) is 5.32 Å². The summed E-state index contributed by atoms with van der Waals surface area (Å²) in [4.78, 5) is 26.8. The summed E-state index contributed by atoms with van der Waals surface area (Å²) in [5.74, 6) is 0.0654. The van der Waals surface area contributed by atoms with Crippen molar-refractivity contribution in [2.45, 2.75) is 13.3 Å². The molecule has 0 fully saturated rings. The van der Waals surface area contributed by atoms with Crippen LogP contribution in [0.4, 0.5) is 15.9 Å². The monoisotopic (exact) mass is 383 g/mol. The first-order valence-electron chi connectivity index (χ1n) is 8.33. The Morgan fingerprint density at radius 3 is 2.85 bits per heavy atom. The molecule has 27 heavy (non-hydrogen) atoms. The lowest BCUT2D eigenvalue weighted by Crippen LogP contribution is -2.14. The largest absolute Gasteiger partial charge is 0.346 e. The highest BCUT2D eigenvalue weighted by atomic mass is 35.5. The van der Waals surface area contributed by atoms with E-state index < -0.39 is 5.82 Å². The van der Waals surface area contributed by atoms with Crippen LogP contribution in [0.5, 0.6) is 0 Å². The van der Waals surface area contributed by atoms with Crippen molar-refractivity contribution in [3.05, 3.63) is 69.7 Å². The maximum atomic E-state index is 14.3. The van der Waals surface area contributed by atoms with Crippen molar-refractivity contribution in [3.63, 3.8) is 0 Å². The summed E-state index contributed by atoms with van der Waals surface area (Å²) in [7, 11) is 0. The van der Waals surface area contributed by atoms with Crippen molar-refractivity contribution in [1.29, 1.82) is 0 Å². The Balaban J connectivity index is 1.86. The lowest BCUT2D eigenvalue weighted by Gasteiger charge is -2.13. The molecular formula is C19H15ClFN5O. The summed E-state index contributed by atoms with van der Waals surface area (Å²) in [5.41, 5.74) is 1.96. The van der Waals surface area contributed by atoms with Gasteiger partial charge in [-0.15, -0.1) is 0 Å². The van der Waals surface area contributed by atoms with Crippen LogP contribution in [0.3, 0.4) is 0 Å². The second-order valence-corrected chi connectivity index (χ2v) is 6.41. The standard InChI is InChI=1S/C19H15ClFN5O/c1-2-15-16(25-18-11-5-6-22-17(11)23-9-24-18)8-13(19(27)26-15)12-7-10(20)3-4-14(12)21/h3-9H,2H2,1H3,(H,26,27)(H2,22,23,24,25). The van der Waals surface area contributed by atoms with Gasteiger partial charge in [-0.2, -0.15) is 0 Å². The molecule has 0 saturated heterocycles. The van der Waals surface area contributed by atoms with Crippen LogP contribution in [0.1, 0.15) is 12.6 Å². The molecule has 0 saturated carbocycles. The van der Waals surface area contributed by atoms with Crippen LogP contribution in [-0.2, 0) is 6.42 Å². The SMILES string of the molecule is CCc1[nH]c(=O)c(-c2cc(Cl)ccc2F)cc1Nc1ncnc2[nH]ccc12. The minimum absolute atomic E-state index is 0.143. The first-order chi connectivity index (χ1) is 13.1. The van der Waals surface area contributed by atoms with Crippen LogP contribution in [-0.4, -0.2) is 19.9 Å². The molecule has 0 aliphatic heterocycles. The molecule has 0 atom stereocenters. The summed E-state index contributed by atoms with van der Waals surface area (Å²) in [6.07, 6.45) is 3.79. The molecule has 3 N–H and O–H groups in total. The number of pyridine rings is 1. The predicted octanol–water partition coefficient (Wildman–Crippen LogP) is 4.41. The van der Waals surface area contributed by atoms with Gasteiger partial charge >= 0.3 is 0 Å². The number of benzene rings is 1. The van der Waals surface area contributed by atoms with E-state index in [-0.39, 0.29) is 16.7 Å². The summed E-state index contributed by atoms with van der Waals surface area (Å²) in [6.45, 7) is 1.92. The van der Waals surface area contributed by atoms with E-state index in [0.717, 1.165) is 5.39 Å². The van der Waals surface area contributed by atoms with Crippen LogP contribution in [0, 0.1) is 5.82 Å². The first kappa shape index (κ1) is 17.2. The van der Waals surface area contributed by atoms with Gasteiger partial charge in [-0.3, -0.25) is 4.79 Å². The molecule has 4 rings (SSSR count). The molecule has 8 heteroatoms. The van der Waals surface area contributed by atoms with Crippen molar-refractivity contribution >= 4 is 34.1 Å². The summed E-state index contributed by atoms with van der Waals surface area (Å²) in [6, 6.07) is 7.59. The van der Waals surface area contributed by atoms with Gasteiger partial charge in [0.05, 0.1) is 16.6 Å². The first-order valence-corrected chi connectivity index (χ1v) is 8.71. The van der Waals surface area contributed by atoms with Gasteiger partial charge in [0.2, 0.25) is 0 Å². The van der Waals surface area contributed by atoms with Gasteiger partial charge in [0, 0.05) is 22.5 Å². The van der Waals surface area contributed by atoms with Gasteiger partial charge in [0.1, 0.15) is 23.6 Å². The molecule has 0 aliphatic rings. The van der Waals surface area contributed by atoms with Gasteiger partial charge in [0.15, 0.2) is 0 Å². The van der Waals surface area contributed by atoms with E-state index in [1.807, 2.05) is 13.0 Å². The normalized spacial score (nSPS) is 11.1. The zero-order chi connectivity index (χ0) is 19.0. The molecule has 3 aromatic heterocycles. The summed E-state index contributed by atoms with van der Waals surface area (Å²) >= 11 is 5.99. The zero-order valence-corrected chi connectivity index (χ0v) is 15.1. The van der Waals surface area contributed by atoms with Gasteiger partial charge in [-0.05, 0) is 36.8 Å². The minimum Gasteiger partial charge on any atom is -0.346 e. The smallest absolute Gasteiger partial charge is 0.256 e. The molecule has 1 aromatic carbocycles. The molecule has 4 aromatic rings. The second kappa shape index (κ2) is 6.85. The third-order valence-corrected chi connectivity index (χ3v) is 4.54. The average molecular weight is 384 g/mol. The van der Waals surface area contributed by atoms with Gasteiger partial charge < -0.3 is 15.3 Å². The van der Waals surface area contributed by atoms with Crippen LogP contribution < -0.4 is 10.9 Å². The number of nitrogens with zero attached hydrogens (tertiary/aromatic N) is 2. The number of rotatable bonds is 4. The molecular weight excluding hydrogens is 369 g/mol. The molecule has 6 nitrogen and oxygen atoms in total. The van der Waals surface area contributed by atoms with E-state index in [4.69, 9.17) is 11.6 Å².